The third-order valence-corrected chi connectivity index (χ3v) is 2.05. The maximum absolute atomic E-state index is 5.75. The number of hydrogen-bond acceptors (Lipinski definition) is 5. The molecule has 0 aliphatic rings. The summed E-state index contributed by atoms with van der Waals surface area (Å²) in [6.07, 6.45) is 0. The second kappa shape index (κ2) is 4.18. The molecule has 0 saturated heterocycles. The predicted molar refractivity (Wildman–Crippen MR) is 57.5 cm³/mol. The van der Waals surface area contributed by atoms with Gasteiger partial charge in [-0.2, -0.15) is 0 Å². The minimum atomic E-state index is 0.0496. The number of halogens is 1. The second-order valence-corrected chi connectivity index (χ2v) is 3.36. The maximum Gasteiger partial charge on any atom is 0.317 e. The summed E-state index contributed by atoms with van der Waals surface area (Å²) in [6.45, 7) is 0.582. The predicted octanol–water partition coefficient (Wildman–Crippen LogP) is 1.92. The Labute approximate surface area is 91.2 Å². The number of hydrogen-bond donors (Lipinski definition) is 2. The Morgan fingerprint density at radius 3 is 2.60 bits per heavy atom. The van der Waals surface area contributed by atoms with Crippen LogP contribution in [0.5, 0.6) is 0 Å². The standard InChI is InChI=1S/C9H9ClN4O/c10-7-3-1-6(2-4-7)5-12-9-14-13-8(11)15-9/h1-4H,5H2,(H2,11,13)(H,12,14). The van der Waals surface area contributed by atoms with Crippen LogP contribution in [0, 0.1) is 0 Å². The molecule has 0 amide bonds. The summed E-state index contributed by atoms with van der Waals surface area (Å²) >= 11 is 5.75. The van der Waals surface area contributed by atoms with Gasteiger partial charge in [0.05, 0.1) is 0 Å². The van der Waals surface area contributed by atoms with Gasteiger partial charge in [-0.3, -0.25) is 0 Å². The molecule has 0 radical (unpaired) electrons. The van der Waals surface area contributed by atoms with E-state index in [9.17, 15) is 0 Å². The summed E-state index contributed by atoms with van der Waals surface area (Å²) < 4.78 is 4.95. The largest absolute Gasteiger partial charge is 0.390 e. The molecular weight excluding hydrogens is 216 g/mol. The third-order valence-electron chi connectivity index (χ3n) is 1.80. The zero-order valence-electron chi connectivity index (χ0n) is 7.77. The fourth-order valence-corrected chi connectivity index (χ4v) is 1.21. The lowest BCUT2D eigenvalue weighted by molar-refractivity contribution is 0.586. The minimum Gasteiger partial charge on any atom is -0.390 e. The van der Waals surface area contributed by atoms with Crippen LogP contribution < -0.4 is 11.1 Å². The monoisotopic (exact) mass is 224 g/mol. The summed E-state index contributed by atoms with van der Waals surface area (Å²) in [4.78, 5) is 0. The van der Waals surface area contributed by atoms with Crippen molar-refractivity contribution in [1.82, 2.24) is 10.2 Å². The number of nitrogen functional groups attached to an aromatic ring is 1. The molecule has 2 rings (SSSR count). The Morgan fingerprint density at radius 2 is 2.00 bits per heavy atom. The Balaban J connectivity index is 1.96. The number of nitrogens with two attached hydrogens (primary N) is 1. The molecule has 0 saturated carbocycles. The van der Waals surface area contributed by atoms with E-state index in [1.165, 1.54) is 0 Å². The second-order valence-electron chi connectivity index (χ2n) is 2.93. The van der Waals surface area contributed by atoms with Crippen molar-refractivity contribution in [3.8, 4) is 0 Å². The van der Waals surface area contributed by atoms with Crippen LogP contribution in [-0.4, -0.2) is 10.2 Å². The van der Waals surface area contributed by atoms with Gasteiger partial charge >= 0.3 is 12.0 Å². The van der Waals surface area contributed by atoms with Crippen LogP contribution in [0.4, 0.5) is 12.0 Å². The minimum absolute atomic E-state index is 0.0496. The Hall–Kier alpha value is -1.75. The maximum atomic E-state index is 5.75. The molecule has 5 nitrogen and oxygen atoms in total. The van der Waals surface area contributed by atoms with Crippen molar-refractivity contribution in [1.29, 1.82) is 0 Å². The summed E-state index contributed by atoms with van der Waals surface area (Å²) in [5.41, 5.74) is 6.34. The van der Waals surface area contributed by atoms with Crippen molar-refractivity contribution in [2.24, 2.45) is 0 Å². The Kier molecular flexibility index (Phi) is 2.73. The van der Waals surface area contributed by atoms with Gasteiger partial charge in [0.25, 0.3) is 0 Å². The lowest BCUT2D eigenvalue weighted by Crippen LogP contribution is -1.99. The van der Waals surface area contributed by atoms with E-state index in [1.807, 2.05) is 24.3 Å². The lowest BCUT2D eigenvalue weighted by Gasteiger charge is -2.00. The molecule has 78 valence electrons. The molecule has 0 unspecified atom stereocenters. The summed E-state index contributed by atoms with van der Waals surface area (Å²) in [5, 5.41) is 10.8. The molecule has 15 heavy (non-hydrogen) atoms. The van der Waals surface area contributed by atoms with E-state index in [4.69, 9.17) is 21.8 Å². The van der Waals surface area contributed by atoms with Crippen molar-refractivity contribution >= 4 is 23.6 Å². The summed E-state index contributed by atoms with van der Waals surface area (Å²) in [6, 6.07) is 7.82. The molecule has 1 aromatic carbocycles. The van der Waals surface area contributed by atoms with E-state index < -0.39 is 0 Å². The molecule has 6 heteroatoms. The fraction of sp³-hybridized carbons (Fsp3) is 0.111. The van der Waals surface area contributed by atoms with Crippen molar-refractivity contribution in [3.05, 3.63) is 34.9 Å². The molecule has 0 spiro atoms. The summed E-state index contributed by atoms with van der Waals surface area (Å²) in [5.74, 6) is 0. The molecule has 0 atom stereocenters. The first kappa shape index (κ1) is 9.79. The smallest absolute Gasteiger partial charge is 0.317 e. The normalized spacial score (nSPS) is 10.2. The number of rotatable bonds is 3. The molecule has 1 heterocycles. The highest BCUT2D eigenvalue weighted by Crippen LogP contribution is 2.12. The first-order chi connectivity index (χ1) is 7.24. The average molecular weight is 225 g/mol. The van der Waals surface area contributed by atoms with Crippen molar-refractivity contribution < 1.29 is 4.42 Å². The number of nitrogens with one attached hydrogen (secondary N) is 1. The SMILES string of the molecule is Nc1nnc(NCc2ccc(Cl)cc2)o1. The van der Waals surface area contributed by atoms with Crippen LogP contribution in [-0.2, 0) is 6.54 Å². The van der Waals surface area contributed by atoms with Gasteiger partial charge in [0.15, 0.2) is 0 Å². The van der Waals surface area contributed by atoms with E-state index in [0.717, 1.165) is 5.56 Å². The fourth-order valence-electron chi connectivity index (χ4n) is 1.09. The van der Waals surface area contributed by atoms with Crippen LogP contribution in [0.3, 0.4) is 0 Å². The molecule has 3 N–H and O–H groups in total. The van der Waals surface area contributed by atoms with Crippen molar-refractivity contribution in [3.63, 3.8) is 0 Å². The molecule has 1 aromatic heterocycles. The van der Waals surface area contributed by atoms with E-state index in [0.29, 0.717) is 17.6 Å². The van der Waals surface area contributed by atoms with Crippen LogP contribution in [0.2, 0.25) is 5.02 Å². The first-order valence-corrected chi connectivity index (χ1v) is 4.69. The van der Waals surface area contributed by atoms with Crippen LogP contribution in [0.1, 0.15) is 5.56 Å². The van der Waals surface area contributed by atoms with E-state index in [-0.39, 0.29) is 6.01 Å². The van der Waals surface area contributed by atoms with E-state index >= 15 is 0 Å². The molecule has 0 aliphatic heterocycles. The van der Waals surface area contributed by atoms with Gasteiger partial charge < -0.3 is 15.5 Å². The van der Waals surface area contributed by atoms with Gasteiger partial charge in [0.2, 0.25) is 0 Å². The van der Waals surface area contributed by atoms with Gasteiger partial charge in [-0.05, 0) is 17.7 Å². The average Bonchev–Trinajstić information content (AvgIpc) is 2.64. The molecule has 0 fully saturated rings. The van der Waals surface area contributed by atoms with Gasteiger partial charge in [0, 0.05) is 11.6 Å². The van der Waals surface area contributed by atoms with E-state index in [2.05, 4.69) is 15.5 Å². The quantitative estimate of drug-likeness (QED) is 0.833. The number of anilines is 2. The number of aromatic nitrogens is 2. The first-order valence-electron chi connectivity index (χ1n) is 4.31. The third kappa shape index (κ3) is 2.60. The molecule has 0 aliphatic carbocycles. The van der Waals surface area contributed by atoms with Gasteiger partial charge in [0.1, 0.15) is 0 Å². The highest BCUT2D eigenvalue weighted by atomic mass is 35.5. The zero-order valence-corrected chi connectivity index (χ0v) is 8.53. The summed E-state index contributed by atoms with van der Waals surface area (Å²) in [7, 11) is 0. The Bertz CT molecular complexity index is 440. The van der Waals surface area contributed by atoms with Crippen LogP contribution >= 0.6 is 11.6 Å². The highest BCUT2D eigenvalue weighted by Gasteiger charge is 2.01. The lowest BCUT2D eigenvalue weighted by atomic mass is 10.2. The van der Waals surface area contributed by atoms with Crippen LogP contribution in [0.25, 0.3) is 0 Å². The van der Waals surface area contributed by atoms with E-state index in [1.54, 1.807) is 0 Å². The zero-order chi connectivity index (χ0) is 10.7. The van der Waals surface area contributed by atoms with Crippen LogP contribution in [0.15, 0.2) is 28.7 Å². The van der Waals surface area contributed by atoms with Gasteiger partial charge in [-0.15, -0.1) is 0 Å². The van der Waals surface area contributed by atoms with Crippen molar-refractivity contribution in [2.45, 2.75) is 6.54 Å². The Morgan fingerprint density at radius 1 is 1.27 bits per heavy atom. The molecule has 2 aromatic rings. The number of benzene rings is 1. The van der Waals surface area contributed by atoms with Crippen molar-refractivity contribution in [2.75, 3.05) is 11.1 Å². The topological polar surface area (TPSA) is 77.0 Å². The molecular formula is C9H9ClN4O. The van der Waals surface area contributed by atoms with Gasteiger partial charge in [-0.1, -0.05) is 33.9 Å². The highest BCUT2D eigenvalue weighted by molar-refractivity contribution is 6.30. The van der Waals surface area contributed by atoms with Gasteiger partial charge in [-0.25, -0.2) is 0 Å². The molecule has 0 bridgehead atoms. The number of nitrogens with zero attached hydrogens (tertiary/aromatic N) is 2.